The highest BCUT2D eigenvalue weighted by Gasteiger charge is 2.38. The minimum Gasteiger partial charge on any atom is -0.381 e. The Bertz CT molecular complexity index is 240. The molecule has 0 aromatic rings. The summed E-state index contributed by atoms with van der Waals surface area (Å²) < 4.78 is 5.38. The summed E-state index contributed by atoms with van der Waals surface area (Å²) in [6.45, 7) is 5.27. The first-order valence-corrected chi connectivity index (χ1v) is 6.87. The van der Waals surface area contributed by atoms with Gasteiger partial charge in [-0.2, -0.15) is 0 Å². The molecule has 0 bridgehead atoms. The van der Waals surface area contributed by atoms with E-state index in [4.69, 9.17) is 4.74 Å². The molecule has 1 saturated carbocycles. The fraction of sp³-hybridized carbons (Fsp3) is 1.00. The minimum absolute atomic E-state index is 0.550. The van der Waals surface area contributed by atoms with Crippen LogP contribution in [0.2, 0.25) is 0 Å². The van der Waals surface area contributed by atoms with Gasteiger partial charge in [-0.25, -0.2) is 0 Å². The maximum Gasteiger partial charge on any atom is 0.0601 e. The van der Waals surface area contributed by atoms with E-state index >= 15 is 0 Å². The third kappa shape index (κ3) is 2.01. The van der Waals surface area contributed by atoms with Crippen molar-refractivity contribution in [3.8, 4) is 0 Å². The summed E-state index contributed by atoms with van der Waals surface area (Å²) in [6.07, 6.45) is 7.38. The number of rotatable bonds is 2. The summed E-state index contributed by atoms with van der Waals surface area (Å²) >= 11 is 0. The first-order valence-electron chi connectivity index (χ1n) is 6.87. The third-order valence-corrected chi connectivity index (χ3v) is 4.79. The number of ether oxygens (including phenoxy) is 1. The molecule has 1 unspecified atom stereocenters. The quantitative estimate of drug-likeness (QED) is 0.704. The van der Waals surface area contributed by atoms with Crippen molar-refractivity contribution >= 4 is 0 Å². The largest absolute Gasteiger partial charge is 0.381 e. The van der Waals surface area contributed by atoms with Crippen molar-refractivity contribution in [3.05, 3.63) is 0 Å². The van der Waals surface area contributed by atoms with Crippen molar-refractivity contribution in [2.24, 2.45) is 0 Å². The molecule has 0 spiro atoms. The van der Waals surface area contributed by atoms with Gasteiger partial charge in [0.2, 0.25) is 0 Å². The van der Waals surface area contributed by atoms with Gasteiger partial charge < -0.3 is 4.74 Å². The molecule has 3 fully saturated rings. The van der Waals surface area contributed by atoms with Crippen LogP contribution in [0.25, 0.3) is 0 Å². The van der Waals surface area contributed by atoms with Crippen molar-refractivity contribution in [2.45, 2.75) is 50.3 Å². The Labute approximate surface area is 98.7 Å². The summed E-state index contributed by atoms with van der Waals surface area (Å²) in [5.41, 5.74) is 0. The standard InChI is InChI=1S/C13H24N2O/c1-16-13-8-12(9-13)15-7-6-14-5-3-2-4-11(14)10-15/h11-13H,2-10H2,1H3. The molecule has 3 rings (SSSR count). The van der Waals surface area contributed by atoms with Gasteiger partial charge in [0.05, 0.1) is 6.10 Å². The van der Waals surface area contributed by atoms with Gasteiger partial charge in [0.25, 0.3) is 0 Å². The van der Waals surface area contributed by atoms with Crippen molar-refractivity contribution in [1.82, 2.24) is 9.80 Å². The topological polar surface area (TPSA) is 15.7 Å². The monoisotopic (exact) mass is 224 g/mol. The Morgan fingerprint density at radius 3 is 2.56 bits per heavy atom. The van der Waals surface area contributed by atoms with E-state index in [-0.39, 0.29) is 0 Å². The van der Waals surface area contributed by atoms with Crippen LogP contribution in [0.5, 0.6) is 0 Å². The number of hydrogen-bond donors (Lipinski definition) is 0. The van der Waals surface area contributed by atoms with Gasteiger partial charge in [-0.1, -0.05) is 6.42 Å². The van der Waals surface area contributed by atoms with Crippen LogP contribution in [0, 0.1) is 0 Å². The van der Waals surface area contributed by atoms with Gasteiger partial charge >= 0.3 is 0 Å². The van der Waals surface area contributed by atoms with Gasteiger partial charge in [0.15, 0.2) is 0 Å². The molecular formula is C13H24N2O. The predicted octanol–water partition coefficient (Wildman–Crippen LogP) is 1.33. The molecule has 0 amide bonds. The van der Waals surface area contributed by atoms with E-state index in [2.05, 4.69) is 9.80 Å². The number of hydrogen-bond acceptors (Lipinski definition) is 3. The lowest BCUT2D eigenvalue weighted by molar-refractivity contribution is -0.0559. The normalized spacial score (nSPS) is 41.4. The van der Waals surface area contributed by atoms with Crippen LogP contribution >= 0.6 is 0 Å². The Balaban J connectivity index is 1.51. The minimum atomic E-state index is 0.550. The molecule has 2 saturated heterocycles. The summed E-state index contributed by atoms with van der Waals surface area (Å²) in [5, 5.41) is 0. The van der Waals surface area contributed by atoms with Gasteiger partial charge in [-0.05, 0) is 32.2 Å². The second kappa shape index (κ2) is 4.63. The van der Waals surface area contributed by atoms with E-state index in [1.807, 2.05) is 7.11 Å². The third-order valence-electron chi connectivity index (χ3n) is 4.79. The maximum absolute atomic E-state index is 5.38. The Kier molecular flexibility index (Phi) is 3.18. The van der Waals surface area contributed by atoms with Gasteiger partial charge in [-0.15, -0.1) is 0 Å². The second-order valence-electron chi connectivity index (χ2n) is 5.66. The zero-order valence-corrected chi connectivity index (χ0v) is 10.4. The highest BCUT2D eigenvalue weighted by atomic mass is 16.5. The van der Waals surface area contributed by atoms with E-state index in [9.17, 15) is 0 Å². The van der Waals surface area contributed by atoms with Crippen LogP contribution in [0.1, 0.15) is 32.1 Å². The fourth-order valence-electron chi connectivity index (χ4n) is 3.54. The van der Waals surface area contributed by atoms with Crippen LogP contribution in [-0.4, -0.2) is 61.3 Å². The molecule has 0 aromatic heterocycles. The van der Waals surface area contributed by atoms with E-state index in [1.54, 1.807) is 0 Å². The summed E-state index contributed by atoms with van der Waals surface area (Å²) in [4.78, 5) is 5.44. The molecule has 3 aliphatic rings. The Hall–Kier alpha value is -0.120. The van der Waals surface area contributed by atoms with Gasteiger partial charge in [-0.3, -0.25) is 9.80 Å². The van der Waals surface area contributed by atoms with Crippen molar-refractivity contribution in [2.75, 3.05) is 33.3 Å². The highest BCUT2D eigenvalue weighted by Crippen LogP contribution is 2.31. The van der Waals surface area contributed by atoms with E-state index < -0.39 is 0 Å². The lowest BCUT2D eigenvalue weighted by Gasteiger charge is -2.50. The van der Waals surface area contributed by atoms with Crippen LogP contribution in [0.3, 0.4) is 0 Å². The molecule has 0 radical (unpaired) electrons. The lowest BCUT2D eigenvalue weighted by atomic mass is 9.86. The summed E-state index contributed by atoms with van der Waals surface area (Å²) in [7, 11) is 1.85. The highest BCUT2D eigenvalue weighted by molar-refractivity contribution is 4.93. The van der Waals surface area contributed by atoms with Crippen molar-refractivity contribution in [3.63, 3.8) is 0 Å². The molecule has 16 heavy (non-hydrogen) atoms. The summed E-state index contributed by atoms with van der Waals surface area (Å²) in [5.74, 6) is 0. The number of piperidine rings is 1. The SMILES string of the molecule is COC1CC(N2CCN3CCCCC3C2)C1. The molecule has 2 aliphatic heterocycles. The first-order chi connectivity index (χ1) is 7.86. The summed E-state index contributed by atoms with van der Waals surface area (Å²) in [6, 6.07) is 1.69. The first kappa shape index (κ1) is 11.0. The average Bonchev–Trinajstić information content (AvgIpc) is 2.27. The molecule has 0 N–H and O–H groups in total. The van der Waals surface area contributed by atoms with E-state index in [1.165, 1.54) is 58.3 Å². The maximum atomic E-state index is 5.38. The van der Waals surface area contributed by atoms with Crippen LogP contribution < -0.4 is 0 Å². The predicted molar refractivity (Wildman–Crippen MR) is 64.6 cm³/mol. The molecule has 1 aliphatic carbocycles. The molecule has 3 nitrogen and oxygen atoms in total. The number of fused-ring (bicyclic) bond motifs is 1. The van der Waals surface area contributed by atoms with Crippen LogP contribution in [0.4, 0.5) is 0 Å². The second-order valence-corrected chi connectivity index (χ2v) is 5.66. The Morgan fingerprint density at radius 1 is 0.938 bits per heavy atom. The van der Waals surface area contributed by atoms with Crippen LogP contribution in [-0.2, 0) is 4.74 Å². The molecular weight excluding hydrogens is 200 g/mol. The molecule has 2 heterocycles. The van der Waals surface area contributed by atoms with Gasteiger partial charge in [0.1, 0.15) is 0 Å². The number of methoxy groups -OCH3 is 1. The Morgan fingerprint density at radius 2 is 1.75 bits per heavy atom. The lowest BCUT2D eigenvalue weighted by Crippen LogP contribution is -2.60. The molecule has 1 atom stereocenters. The smallest absolute Gasteiger partial charge is 0.0601 e. The number of nitrogens with zero attached hydrogens (tertiary/aromatic N) is 2. The van der Waals surface area contributed by atoms with E-state index in [0.29, 0.717) is 6.10 Å². The van der Waals surface area contributed by atoms with Crippen molar-refractivity contribution in [1.29, 1.82) is 0 Å². The number of piperazine rings is 1. The van der Waals surface area contributed by atoms with Gasteiger partial charge in [0, 0.05) is 38.8 Å². The van der Waals surface area contributed by atoms with Crippen LogP contribution in [0.15, 0.2) is 0 Å². The average molecular weight is 224 g/mol. The molecule has 3 heteroatoms. The molecule has 92 valence electrons. The molecule has 0 aromatic carbocycles. The zero-order valence-electron chi connectivity index (χ0n) is 10.4. The van der Waals surface area contributed by atoms with E-state index in [0.717, 1.165) is 12.1 Å². The zero-order chi connectivity index (χ0) is 11.0. The fourth-order valence-corrected chi connectivity index (χ4v) is 3.54. The van der Waals surface area contributed by atoms with Crippen molar-refractivity contribution < 1.29 is 4.74 Å².